The van der Waals surface area contributed by atoms with Crippen LogP contribution in [0.15, 0.2) is 72.8 Å². The maximum absolute atomic E-state index is 12.3. The molecule has 0 spiro atoms. The molecule has 0 unspecified atom stereocenters. The minimum absolute atomic E-state index is 0.0110. The number of nitrogens with one attached hydrogen (secondary N) is 3. The zero-order valence-electron chi connectivity index (χ0n) is 15.8. The summed E-state index contributed by atoms with van der Waals surface area (Å²) in [4.78, 5) is 34.7. The minimum Gasteiger partial charge on any atom is -0.298 e. The van der Waals surface area contributed by atoms with Crippen molar-refractivity contribution in [1.82, 2.24) is 16.2 Å². The van der Waals surface area contributed by atoms with Crippen LogP contribution in [-0.2, 0) is 0 Å². The van der Waals surface area contributed by atoms with Gasteiger partial charge in [-0.3, -0.25) is 35.9 Å². The number of nitrogens with zero attached hydrogens (tertiary/aromatic N) is 1. The summed E-state index contributed by atoms with van der Waals surface area (Å²) in [7, 11) is 0. The van der Waals surface area contributed by atoms with E-state index in [4.69, 9.17) is 23.8 Å². The lowest BCUT2D eigenvalue weighted by molar-refractivity contribution is -0.384. The van der Waals surface area contributed by atoms with E-state index in [-0.39, 0.29) is 15.7 Å². The molecule has 2 amide bonds. The molecule has 0 aliphatic carbocycles. The van der Waals surface area contributed by atoms with Crippen LogP contribution < -0.4 is 16.2 Å². The van der Waals surface area contributed by atoms with Gasteiger partial charge in [-0.15, -0.1) is 0 Å². The first-order valence-electron chi connectivity index (χ1n) is 8.86. The summed E-state index contributed by atoms with van der Waals surface area (Å²) in [5.41, 5.74) is 6.76. The molecular formula is C21H15ClN4O4S. The molecule has 3 rings (SSSR count). The molecule has 0 aromatic heterocycles. The molecule has 0 atom stereocenters. The van der Waals surface area contributed by atoms with Gasteiger partial charge in [0.1, 0.15) is 5.02 Å². The van der Waals surface area contributed by atoms with Gasteiger partial charge in [0.05, 0.1) is 4.92 Å². The highest BCUT2D eigenvalue weighted by Crippen LogP contribution is 2.25. The van der Waals surface area contributed by atoms with Gasteiger partial charge in [-0.25, -0.2) is 0 Å². The second-order valence-electron chi connectivity index (χ2n) is 6.23. The van der Waals surface area contributed by atoms with Gasteiger partial charge in [-0.05, 0) is 47.6 Å². The average Bonchev–Trinajstić information content (AvgIpc) is 2.78. The summed E-state index contributed by atoms with van der Waals surface area (Å²) in [6, 6.07) is 20.3. The summed E-state index contributed by atoms with van der Waals surface area (Å²) in [6.45, 7) is 0. The first-order valence-corrected chi connectivity index (χ1v) is 9.65. The second-order valence-corrected chi connectivity index (χ2v) is 7.04. The van der Waals surface area contributed by atoms with Crippen molar-refractivity contribution in [2.75, 3.05) is 0 Å². The molecule has 0 saturated carbocycles. The van der Waals surface area contributed by atoms with Crippen LogP contribution in [0.1, 0.15) is 20.7 Å². The molecule has 8 nitrogen and oxygen atoms in total. The SMILES string of the molecule is O=C(NNC(=S)NC(=O)c1ccc(Cl)c([N+](=O)[O-])c1)c1ccc(-c2ccccc2)cc1. The molecule has 0 aliphatic rings. The smallest absolute Gasteiger partial charge is 0.288 e. The number of carbonyl (C=O) groups is 2. The zero-order chi connectivity index (χ0) is 22.4. The first kappa shape index (κ1) is 21.9. The quantitative estimate of drug-likeness (QED) is 0.313. The molecule has 0 fully saturated rings. The highest BCUT2D eigenvalue weighted by Gasteiger charge is 2.17. The molecule has 10 heteroatoms. The minimum atomic E-state index is -0.696. The Morgan fingerprint density at radius 2 is 1.45 bits per heavy atom. The van der Waals surface area contributed by atoms with Gasteiger partial charge in [-0.2, -0.15) is 0 Å². The van der Waals surface area contributed by atoms with E-state index in [9.17, 15) is 19.7 Å². The highest BCUT2D eigenvalue weighted by molar-refractivity contribution is 7.80. The Hall–Kier alpha value is -3.82. The Morgan fingerprint density at radius 3 is 2.10 bits per heavy atom. The number of halogens is 1. The molecule has 0 saturated heterocycles. The van der Waals surface area contributed by atoms with Gasteiger partial charge in [0.2, 0.25) is 0 Å². The molecule has 156 valence electrons. The van der Waals surface area contributed by atoms with Gasteiger partial charge in [0.25, 0.3) is 17.5 Å². The van der Waals surface area contributed by atoms with Crippen LogP contribution in [0.4, 0.5) is 5.69 Å². The number of hydrogen-bond acceptors (Lipinski definition) is 5. The van der Waals surface area contributed by atoms with Crippen molar-refractivity contribution in [2.45, 2.75) is 0 Å². The number of hydrogen-bond donors (Lipinski definition) is 3. The number of nitro benzene ring substituents is 1. The molecule has 0 radical (unpaired) electrons. The number of carbonyl (C=O) groups excluding carboxylic acids is 2. The molecule has 0 bridgehead atoms. The summed E-state index contributed by atoms with van der Waals surface area (Å²) in [5.74, 6) is -1.16. The largest absolute Gasteiger partial charge is 0.298 e. The number of amides is 2. The third kappa shape index (κ3) is 5.62. The van der Waals surface area contributed by atoms with E-state index in [1.165, 1.54) is 12.1 Å². The fraction of sp³-hybridized carbons (Fsp3) is 0. The van der Waals surface area contributed by atoms with Gasteiger partial charge in [0.15, 0.2) is 5.11 Å². The second kappa shape index (κ2) is 9.79. The van der Waals surface area contributed by atoms with Crippen molar-refractivity contribution in [1.29, 1.82) is 0 Å². The van der Waals surface area contributed by atoms with E-state index in [0.29, 0.717) is 5.56 Å². The van der Waals surface area contributed by atoms with Crippen LogP contribution >= 0.6 is 23.8 Å². The Bertz CT molecular complexity index is 1150. The van der Waals surface area contributed by atoms with Crippen LogP contribution in [0, 0.1) is 10.1 Å². The Morgan fingerprint density at radius 1 is 0.839 bits per heavy atom. The van der Waals surface area contributed by atoms with E-state index < -0.39 is 22.4 Å². The van der Waals surface area contributed by atoms with Crippen molar-refractivity contribution in [3.63, 3.8) is 0 Å². The van der Waals surface area contributed by atoms with Gasteiger partial charge in [-0.1, -0.05) is 54.1 Å². The lowest BCUT2D eigenvalue weighted by Gasteiger charge is -2.11. The number of hydrazine groups is 1. The highest BCUT2D eigenvalue weighted by atomic mass is 35.5. The molecule has 3 aromatic rings. The van der Waals surface area contributed by atoms with Crippen molar-refractivity contribution in [2.24, 2.45) is 0 Å². The van der Waals surface area contributed by atoms with E-state index in [0.717, 1.165) is 17.2 Å². The predicted molar refractivity (Wildman–Crippen MR) is 121 cm³/mol. The summed E-state index contributed by atoms with van der Waals surface area (Å²) in [6.07, 6.45) is 0. The summed E-state index contributed by atoms with van der Waals surface area (Å²) in [5, 5.41) is 13.0. The third-order valence-electron chi connectivity index (χ3n) is 4.18. The monoisotopic (exact) mass is 454 g/mol. The van der Waals surface area contributed by atoms with E-state index in [2.05, 4.69) is 16.2 Å². The van der Waals surface area contributed by atoms with E-state index >= 15 is 0 Å². The molecule has 0 heterocycles. The molecular weight excluding hydrogens is 440 g/mol. The maximum Gasteiger partial charge on any atom is 0.288 e. The fourth-order valence-electron chi connectivity index (χ4n) is 2.63. The molecule has 0 aliphatic heterocycles. The standard InChI is InChI=1S/C21H15ClN4O4S/c22-17-11-10-16(12-18(17)26(29)30)19(27)23-21(31)25-24-20(28)15-8-6-14(7-9-15)13-4-2-1-3-5-13/h1-12H,(H,24,28)(H2,23,25,27,31). The third-order valence-corrected chi connectivity index (χ3v) is 4.70. The van der Waals surface area contributed by atoms with Crippen LogP contribution in [0.2, 0.25) is 5.02 Å². The van der Waals surface area contributed by atoms with Crippen molar-refractivity contribution in [3.05, 3.63) is 99.1 Å². The van der Waals surface area contributed by atoms with Crippen LogP contribution in [0.25, 0.3) is 11.1 Å². The number of thiocarbonyl (C=S) groups is 1. The van der Waals surface area contributed by atoms with Crippen LogP contribution in [0.3, 0.4) is 0 Å². The normalized spacial score (nSPS) is 10.1. The van der Waals surface area contributed by atoms with Crippen molar-refractivity contribution < 1.29 is 14.5 Å². The number of benzene rings is 3. The van der Waals surface area contributed by atoms with Crippen LogP contribution in [-0.4, -0.2) is 21.9 Å². The van der Waals surface area contributed by atoms with E-state index in [1.54, 1.807) is 12.1 Å². The Labute approximate surface area is 187 Å². The lowest BCUT2D eigenvalue weighted by atomic mass is 10.0. The predicted octanol–water partition coefficient (Wildman–Crippen LogP) is 3.86. The number of nitro groups is 1. The zero-order valence-corrected chi connectivity index (χ0v) is 17.4. The topological polar surface area (TPSA) is 113 Å². The average molecular weight is 455 g/mol. The fourth-order valence-corrected chi connectivity index (χ4v) is 2.96. The molecule has 3 N–H and O–H groups in total. The first-order chi connectivity index (χ1) is 14.8. The Kier molecular flexibility index (Phi) is 6.91. The number of rotatable bonds is 4. The summed E-state index contributed by atoms with van der Waals surface area (Å²) < 4.78 is 0. The van der Waals surface area contributed by atoms with Crippen LogP contribution in [0.5, 0.6) is 0 Å². The Balaban J connectivity index is 1.56. The summed E-state index contributed by atoms with van der Waals surface area (Å²) >= 11 is 10.7. The van der Waals surface area contributed by atoms with E-state index in [1.807, 2.05) is 42.5 Å². The van der Waals surface area contributed by atoms with Crippen molar-refractivity contribution >= 4 is 46.4 Å². The van der Waals surface area contributed by atoms with Gasteiger partial charge >= 0.3 is 0 Å². The van der Waals surface area contributed by atoms with Crippen molar-refractivity contribution in [3.8, 4) is 11.1 Å². The molecule has 31 heavy (non-hydrogen) atoms. The maximum atomic E-state index is 12.3. The lowest BCUT2D eigenvalue weighted by Crippen LogP contribution is -2.48. The molecule has 3 aromatic carbocycles. The van der Waals surface area contributed by atoms with Gasteiger partial charge < -0.3 is 0 Å². The van der Waals surface area contributed by atoms with Gasteiger partial charge in [0, 0.05) is 17.2 Å².